The standard InChI is InChI=1S/C10H15/c1-9(2)8-10-6-4-3-5-7-10/h3-6,9H,7-8H2,1-2H3. The molecule has 1 radical (unpaired) electrons. The first-order chi connectivity index (χ1) is 4.79. The smallest absolute Gasteiger partial charge is 0.00159 e. The Labute approximate surface area is 63.6 Å². The third kappa shape index (κ3) is 2.38. The van der Waals surface area contributed by atoms with Crippen LogP contribution in [0.3, 0.4) is 0 Å². The van der Waals surface area contributed by atoms with Crippen molar-refractivity contribution in [3.63, 3.8) is 0 Å². The molecule has 55 valence electrons. The zero-order valence-corrected chi connectivity index (χ0v) is 6.80. The van der Waals surface area contributed by atoms with E-state index < -0.39 is 0 Å². The van der Waals surface area contributed by atoms with E-state index in [-0.39, 0.29) is 0 Å². The van der Waals surface area contributed by atoms with Crippen molar-refractivity contribution in [3.05, 3.63) is 30.2 Å². The van der Waals surface area contributed by atoms with Crippen LogP contribution in [0.4, 0.5) is 0 Å². The van der Waals surface area contributed by atoms with Gasteiger partial charge in [-0.25, -0.2) is 0 Å². The maximum Gasteiger partial charge on any atom is 0.00159 e. The van der Waals surface area contributed by atoms with Crippen molar-refractivity contribution in [3.8, 4) is 0 Å². The molecule has 0 atom stereocenters. The summed E-state index contributed by atoms with van der Waals surface area (Å²) in [6, 6.07) is 0. The lowest BCUT2D eigenvalue weighted by Crippen LogP contribution is -1.99. The first kappa shape index (κ1) is 7.59. The van der Waals surface area contributed by atoms with Gasteiger partial charge in [-0.3, -0.25) is 0 Å². The first-order valence-electron chi connectivity index (χ1n) is 3.97. The zero-order chi connectivity index (χ0) is 7.40. The van der Waals surface area contributed by atoms with Gasteiger partial charge in [0.05, 0.1) is 0 Å². The minimum Gasteiger partial charge on any atom is -0.0837 e. The Bertz CT molecular complexity index is 140. The SMILES string of the molecule is CC(C)C[C]1C=CC=CC1. The second kappa shape index (κ2) is 3.60. The predicted octanol–water partition coefficient (Wildman–Crippen LogP) is 3.12. The molecule has 0 unspecified atom stereocenters. The van der Waals surface area contributed by atoms with Crippen LogP contribution in [0.1, 0.15) is 26.7 Å². The summed E-state index contributed by atoms with van der Waals surface area (Å²) >= 11 is 0. The highest BCUT2D eigenvalue weighted by atomic mass is 14.1. The van der Waals surface area contributed by atoms with Gasteiger partial charge in [-0.1, -0.05) is 38.2 Å². The Morgan fingerprint density at radius 2 is 2.20 bits per heavy atom. The first-order valence-corrected chi connectivity index (χ1v) is 3.97. The molecule has 0 heteroatoms. The van der Waals surface area contributed by atoms with Gasteiger partial charge in [0.25, 0.3) is 0 Å². The Morgan fingerprint density at radius 3 is 2.70 bits per heavy atom. The number of hydrogen-bond acceptors (Lipinski definition) is 0. The Balaban J connectivity index is 2.30. The van der Waals surface area contributed by atoms with Crippen molar-refractivity contribution in [2.45, 2.75) is 26.7 Å². The summed E-state index contributed by atoms with van der Waals surface area (Å²) in [5.74, 6) is 2.36. The molecule has 0 spiro atoms. The van der Waals surface area contributed by atoms with E-state index in [1.54, 1.807) is 5.92 Å². The molecule has 0 aromatic rings. The van der Waals surface area contributed by atoms with Crippen LogP contribution in [-0.4, -0.2) is 0 Å². The monoisotopic (exact) mass is 135 g/mol. The van der Waals surface area contributed by atoms with Crippen LogP contribution in [0.5, 0.6) is 0 Å². The van der Waals surface area contributed by atoms with Gasteiger partial charge in [0.2, 0.25) is 0 Å². The minimum absolute atomic E-state index is 0.797. The average molecular weight is 135 g/mol. The van der Waals surface area contributed by atoms with E-state index >= 15 is 0 Å². The fourth-order valence-corrected chi connectivity index (χ4v) is 1.23. The molecule has 1 rings (SSSR count). The third-order valence-corrected chi connectivity index (χ3v) is 1.63. The second-order valence-corrected chi connectivity index (χ2v) is 3.25. The molecule has 0 saturated heterocycles. The highest BCUT2D eigenvalue weighted by molar-refractivity contribution is 5.23. The third-order valence-electron chi connectivity index (χ3n) is 1.63. The van der Waals surface area contributed by atoms with E-state index in [0.717, 1.165) is 12.3 Å². The van der Waals surface area contributed by atoms with Gasteiger partial charge in [-0.05, 0) is 18.8 Å². The molecule has 0 saturated carbocycles. The van der Waals surface area contributed by atoms with Gasteiger partial charge in [-0.15, -0.1) is 0 Å². The Morgan fingerprint density at radius 1 is 1.40 bits per heavy atom. The average Bonchev–Trinajstić information content (AvgIpc) is 1.88. The molecule has 10 heavy (non-hydrogen) atoms. The van der Waals surface area contributed by atoms with Crippen LogP contribution in [0.2, 0.25) is 0 Å². The highest BCUT2D eigenvalue weighted by Crippen LogP contribution is 2.21. The summed E-state index contributed by atoms with van der Waals surface area (Å²) in [5.41, 5.74) is 0. The lowest BCUT2D eigenvalue weighted by Gasteiger charge is -2.13. The molecule has 0 heterocycles. The van der Waals surface area contributed by atoms with Crippen molar-refractivity contribution >= 4 is 0 Å². The van der Waals surface area contributed by atoms with Crippen molar-refractivity contribution in [1.29, 1.82) is 0 Å². The largest absolute Gasteiger partial charge is 0.0837 e. The minimum atomic E-state index is 0.797. The molecule has 0 aromatic carbocycles. The van der Waals surface area contributed by atoms with E-state index in [2.05, 4.69) is 38.2 Å². The summed E-state index contributed by atoms with van der Waals surface area (Å²) in [7, 11) is 0. The van der Waals surface area contributed by atoms with Crippen molar-refractivity contribution in [2.75, 3.05) is 0 Å². The predicted molar refractivity (Wildman–Crippen MR) is 45.6 cm³/mol. The van der Waals surface area contributed by atoms with E-state index in [4.69, 9.17) is 0 Å². The van der Waals surface area contributed by atoms with Gasteiger partial charge in [-0.2, -0.15) is 0 Å². The van der Waals surface area contributed by atoms with Crippen molar-refractivity contribution in [2.24, 2.45) is 5.92 Å². The van der Waals surface area contributed by atoms with Gasteiger partial charge in [0.1, 0.15) is 0 Å². The molecule has 0 fully saturated rings. The highest BCUT2D eigenvalue weighted by Gasteiger charge is 2.07. The molecule has 0 bridgehead atoms. The van der Waals surface area contributed by atoms with Gasteiger partial charge in [0.15, 0.2) is 0 Å². The van der Waals surface area contributed by atoms with E-state index in [1.165, 1.54) is 6.42 Å². The topological polar surface area (TPSA) is 0 Å². The van der Waals surface area contributed by atoms with Gasteiger partial charge < -0.3 is 0 Å². The molecular formula is C10H15. The molecule has 0 N–H and O–H groups in total. The molecular weight excluding hydrogens is 120 g/mol. The lowest BCUT2D eigenvalue weighted by molar-refractivity contribution is 0.602. The number of allylic oxidation sites excluding steroid dienone is 4. The van der Waals surface area contributed by atoms with Crippen molar-refractivity contribution < 1.29 is 0 Å². The molecule has 0 amide bonds. The quantitative estimate of drug-likeness (QED) is 0.545. The van der Waals surface area contributed by atoms with Crippen LogP contribution >= 0.6 is 0 Å². The molecule has 0 nitrogen and oxygen atoms in total. The van der Waals surface area contributed by atoms with E-state index in [0.29, 0.717) is 0 Å². The second-order valence-electron chi connectivity index (χ2n) is 3.25. The fourth-order valence-electron chi connectivity index (χ4n) is 1.23. The van der Waals surface area contributed by atoms with E-state index in [1.807, 2.05) is 0 Å². The number of rotatable bonds is 2. The lowest BCUT2D eigenvalue weighted by atomic mass is 9.92. The molecule has 1 aliphatic rings. The summed E-state index contributed by atoms with van der Waals surface area (Å²) < 4.78 is 0. The van der Waals surface area contributed by atoms with Gasteiger partial charge >= 0.3 is 0 Å². The summed E-state index contributed by atoms with van der Waals surface area (Å²) in [4.78, 5) is 0. The van der Waals surface area contributed by atoms with Crippen LogP contribution in [-0.2, 0) is 0 Å². The Kier molecular flexibility index (Phi) is 2.73. The molecule has 1 aliphatic carbocycles. The van der Waals surface area contributed by atoms with Crippen LogP contribution < -0.4 is 0 Å². The normalized spacial score (nSPS) is 18.7. The van der Waals surface area contributed by atoms with Gasteiger partial charge in [0, 0.05) is 5.92 Å². The molecule has 0 aromatic heterocycles. The van der Waals surface area contributed by atoms with Crippen LogP contribution in [0, 0.1) is 11.8 Å². The Hall–Kier alpha value is -0.520. The van der Waals surface area contributed by atoms with Crippen LogP contribution in [0.15, 0.2) is 24.3 Å². The maximum atomic E-state index is 2.26. The molecule has 0 aliphatic heterocycles. The summed E-state index contributed by atoms with van der Waals surface area (Å²) in [6.07, 6.45) is 11.1. The van der Waals surface area contributed by atoms with Crippen LogP contribution in [0.25, 0.3) is 0 Å². The maximum absolute atomic E-state index is 2.26. The number of hydrogen-bond donors (Lipinski definition) is 0. The zero-order valence-electron chi connectivity index (χ0n) is 6.80. The summed E-state index contributed by atoms with van der Waals surface area (Å²) in [6.45, 7) is 4.53. The summed E-state index contributed by atoms with van der Waals surface area (Å²) in [5, 5.41) is 0. The fraction of sp³-hybridized carbons (Fsp3) is 0.500. The van der Waals surface area contributed by atoms with E-state index in [9.17, 15) is 0 Å². The van der Waals surface area contributed by atoms with Crippen molar-refractivity contribution in [1.82, 2.24) is 0 Å².